The van der Waals surface area contributed by atoms with Gasteiger partial charge < -0.3 is 24.6 Å². The van der Waals surface area contributed by atoms with Gasteiger partial charge >= 0.3 is 6.03 Å². The fourth-order valence-corrected chi connectivity index (χ4v) is 4.77. The Kier molecular flexibility index (Phi) is 11.3. The zero-order valence-corrected chi connectivity index (χ0v) is 23.9. The van der Waals surface area contributed by atoms with E-state index in [1.807, 2.05) is 64.9 Å². The first-order chi connectivity index (χ1) is 17.9. The molecule has 1 heterocycles. The number of thiophene rings is 1. The SMILES string of the molecule is CCCCN(CC(=O)N(CCc1ccc(OC)c(OC)c1)Cc1cccs1)C(=O)Nc1ccc(Br)cc1. The summed E-state index contributed by atoms with van der Waals surface area (Å²) in [6, 6.07) is 16.9. The van der Waals surface area contributed by atoms with Gasteiger partial charge in [-0.3, -0.25) is 4.79 Å². The number of nitrogens with one attached hydrogen (secondary N) is 1. The van der Waals surface area contributed by atoms with Crippen molar-refractivity contribution in [1.29, 1.82) is 0 Å². The lowest BCUT2D eigenvalue weighted by atomic mass is 10.1. The molecule has 7 nitrogen and oxygen atoms in total. The van der Waals surface area contributed by atoms with Crippen molar-refractivity contribution in [3.8, 4) is 11.5 Å². The maximum atomic E-state index is 13.5. The van der Waals surface area contributed by atoms with E-state index in [1.54, 1.807) is 30.5 Å². The van der Waals surface area contributed by atoms with Crippen molar-refractivity contribution >= 4 is 44.9 Å². The summed E-state index contributed by atoms with van der Waals surface area (Å²) in [5, 5.41) is 4.93. The van der Waals surface area contributed by atoms with E-state index in [4.69, 9.17) is 9.47 Å². The maximum absolute atomic E-state index is 13.5. The molecule has 3 amide bonds. The topological polar surface area (TPSA) is 71.1 Å². The van der Waals surface area contributed by atoms with E-state index >= 15 is 0 Å². The number of nitrogens with zero attached hydrogens (tertiary/aromatic N) is 2. The van der Waals surface area contributed by atoms with Crippen LogP contribution in [-0.2, 0) is 17.8 Å². The second-order valence-corrected chi connectivity index (χ2v) is 10.5. The zero-order valence-electron chi connectivity index (χ0n) is 21.5. The lowest BCUT2D eigenvalue weighted by Crippen LogP contribution is -2.45. The highest BCUT2D eigenvalue weighted by Gasteiger charge is 2.22. The van der Waals surface area contributed by atoms with Gasteiger partial charge in [0.15, 0.2) is 11.5 Å². The molecule has 0 unspecified atom stereocenters. The van der Waals surface area contributed by atoms with E-state index in [0.29, 0.717) is 43.2 Å². The first kappa shape index (κ1) is 28.5. The Morgan fingerprint density at radius 3 is 2.38 bits per heavy atom. The fourth-order valence-electron chi connectivity index (χ4n) is 3.78. The predicted molar refractivity (Wildman–Crippen MR) is 153 cm³/mol. The van der Waals surface area contributed by atoms with Crippen LogP contribution in [0.25, 0.3) is 0 Å². The minimum absolute atomic E-state index is 0.0136. The fraction of sp³-hybridized carbons (Fsp3) is 0.357. The molecule has 2 aromatic carbocycles. The monoisotopic (exact) mass is 587 g/mol. The molecule has 0 saturated heterocycles. The molecule has 0 atom stereocenters. The lowest BCUT2D eigenvalue weighted by molar-refractivity contribution is -0.132. The number of urea groups is 1. The summed E-state index contributed by atoms with van der Waals surface area (Å²) in [5.74, 6) is 1.24. The van der Waals surface area contributed by atoms with Crippen LogP contribution in [-0.4, -0.2) is 55.6 Å². The van der Waals surface area contributed by atoms with Crippen LogP contribution in [0.15, 0.2) is 64.5 Å². The van der Waals surface area contributed by atoms with E-state index < -0.39 is 0 Å². The Morgan fingerprint density at radius 1 is 0.973 bits per heavy atom. The van der Waals surface area contributed by atoms with Crippen molar-refractivity contribution in [2.75, 3.05) is 39.2 Å². The molecule has 1 N–H and O–H groups in total. The number of unbranched alkanes of at least 4 members (excludes halogenated alkanes) is 1. The van der Waals surface area contributed by atoms with Crippen LogP contribution in [0.1, 0.15) is 30.2 Å². The van der Waals surface area contributed by atoms with E-state index in [0.717, 1.165) is 27.8 Å². The Balaban J connectivity index is 1.72. The summed E-state index contributed by atoms with van der Waals surface area (Å²) >= 11 is 5.02. The number of ether oxygens (including phenoxy) is 2. The molecular weight excluding hydrogens is 554 g/mol. The number of rotatable bonds is 13. The highest BCUT2D eigenvalue weighted by Crippen LogP contribution is 2.28. The normalized spacial score (nSPS) is 10.6. The molecular formula is C28H34BrN3O4S. The quantitative estimate of drug-likeness (QED) is 0.250. The molecule has 0 bridgehead atoms. The molecule has 0 saturated carbocycles. The predicted octanol–water partition coefficient (Wildman–Crippen LogP) is 6.43. The highest BCUT2D eigenvalue weighted by molar-refractivity contribution is 9.10. The minimum Gasteiger partial charge on any atom is -0.493 e. The molecule has 3 aromatic rings. The van der Waals surface area contributed by atoms with Gasteiger partial charge in [-0.2, -0.15) is 0 Å². The number of carbonyl (C=O) groups is 2. The number of amides is 3. The van der Waals surface area contributed by atoms with Crippen molar-refractivity contribution in [2.24, 2.45) is 0 Å². The van der Waals surface area contributed by atoms with Gasteiger partial charge in [0, 0.05) is 28.1 Å². The van der Waals surface area contributed by atoms with Gasteiger partial charge in [-0.15, -0.1) is 11.3 Å². The van der Waals surface area contributed by atoms with Crippen LogP contribution < -0.4 is 14.8 Å². The molecule has 0 fully saturated rings. The van der Waals surface area contributed by atoms with Gasteiger partial charge in [-0.25, -0.2) is 4.79 Å². The standard InChI is InChI=1S/C28H34BrN3O4S/c1-4-5-15-32(28(34)30-23-11-9-22(29)10-12-23)20-27(33)31(19-24-7-6-17-37-24)16-14-21-8-13-25(35-2)26(18-21)36-3/h6-13,17-18H,4-5,14-16,19-20H2,1-3H3,(H,30,34). The molecule has 1 aromatic heterocycles. The number of halogens is 1. The van der Waals surface area contributed by atoms with Crippen molar-refractivity contribution < 1.29 is 19.1 Å². The van der Waals surface area contributed by atoms with E-state index in [2.05, 4.69) is 28.2 Å². The summed E-state index contributed by atoms with van der Waals surface area (Å²) < 4.78 is 11.7. The third kappa shape index (κ3) is 8.79. The first-order valence-corrected chi connectivity index (χ1v) is 13.9. The summed E-state index contributed by atoms with van der Waals surface area (Å²) in [4.78, 5) is 31.2. The van der Waals surface area contributed by atoms with Gasteiger partial charge in [-0.05, 0) is 66.2 Å². The Morgan fingerprint density at radius 2 is 1.73 bits per heavy atom. The first-order valence-electron chi connectivity index (χ1n) is 12.3. The Bertz CT molecular complexity index is 1140. The molecule has 37 heavy (non-hydrogen) atoms. The number of methoxy groups -OCH3 is 2. The van der Waals surface area contributed by atoms with Crippen molar-refractivity contribution in [1.82, 2.24) is 9.80 Å². The van der Waals surface area contributed by atoms with Crippen LogP contribution in [0.5, 0.6) is 11.5 Å². The van der Waals surface area contributed by atoms with Gasteiger partial charge in [0.05, 0.1) is 20.8 Å². The van der Waals surface area contributed by atoms with Gasteiger partial charge in [0.2, 0.25) is 5.91 Å². The van der Waals surface area contributed by atoms with E-state index in [9.17, 15) is 9.59 Å². The summed E-state index contributed by atoms with van der Waals surface area (Å²) in [6.07, 6.45) is 2.39. The Hall–Kier alpha value is -3.04. The summed E-state index contributed by atoms with van der Waals surface area (Å²) in [6.45, 7) is 3.60. The van der Waals surface area contributed by atoms with Crippen LogP contribution in [0.2, 0.25) is 0 Å². The van der Waals surface area contributed by atoms with Gasteiger partial charge in [0.1, 0.15) is 6.54 Å². The van der Waals surface area contributed by atoms with E-state index in [1.165, 1.54) is 0 Å². The molecule has 0 spiro atoms. The van der Waals surface area contributed by atoms with Crippen molar-refractivity contribution in [2.45, 2.75) is 32.7 Å². The largest absolute Gasteiger partial charge is 0.493 e. The molecule has 198 valence electrons. The highest BCUT2D eigenvalue weighted by atomic mass is 79.9. The molecule has 0 aliphatic rings. The molecule has 0 aliphatic carbocycles. The maximum Gasteiger partial charge on any atom is 0.322 e. The Labute approximate surface area is 231 Å². The van der Waals surface area contributed by atoms with E-state index in [-0.39, 0.29) is 18.5 Å². The number of hydrogen-bond acceptors (Lipinski definition) is 5. The van der Waals surface area contributed by atoms with Gasteiger partial charge in [-0.1, -0.05) is 41.4 Å². The summed E-state index contributed by atoms with van der Waals surface area (Å²) in [7, 11) is 3.22. The number of anilines is 1. The number of hydrogen-bond donors (Lipinski definition) is 1. The summed E-state index contributed by atoms with van der Waals surface area (Å²) in [5.41, 5.74) is 1.73. The van der Waals surface area contributed by atoms with Crippen molar-refractivity contribution in [3.05, 3.63) is 74.9 Å². The third-order valence-electron chi connectivity index (χ3n) is 5.89. The molecule has 9 heteroatoms. The average Bonchev–Trinajstić information content (AvgIpc) is 3.43. The smallest absolute Gasteiger partial charge is 0.322 e. The number of carbonyl (C=O) groups excluding carboxylic acids is 2. The minimum atomic E-state index is -0.278. The molecule has 0 aliphatic heterocycles. The van der Waals surface area contributed by atoms with Crippen molar-refractivity contribution in [3.63, 3.8) is 0 Å². The third-order valence-corrected chi connectivity index (χ3v) is 7.28. The lowest BCUT2D eigenvalue weighted by Gasteiger charge is -2.28. The zero-order chi connectivity index (χ0) is 26.6. The molecule has 3 rings (SSSR count). The number of benzene rings is 2. The second-order valence-electron chi connectivity index (χ2n) is 8.55. The van der Waals surface area contributed by atoms with Gasteiger partial charge in [0.25, 0.3) is 0 Å². The van der Waals surface area contributed by atoms with Crippen LogP contribution in [0.3, 0.4) is 0 Å². The van der Waals surface area contributed by atoms with Crippen LogP contribution in [0, 0.1) is 0 Å². The average molecular weight is 589 g/mol. The van der Waals surface area contributed by atoms with Crippen LogP contribution >= 0.6 is 27.3 Å². The van der Waals surface area contributed by atoms with Crippen LogP contribution in [0.4, 0.5) is 10.5 Å². The molecule has 0 radical (unpaired) electrons. The second kappa shape index (κ2) is 14.6.